The fraction of sp³-hybridized carbons (Fsp3) is 0.250. The van der Waals surface area contributed by atoms with E-state index in [9.17, 15) is 4.79 Å². The van der Waals surface area contributed by atoms with Gasteiger partial charge >= 0.3 is 0 Å². The lowest BCUT2D eigenvalue weighted by Crippen LogP contribution is -2.23. The molecule has 6 heteroatoms. The zero-order chi connectivity index (χ0) is 13.0. The Bertz CT molecular complexity index is 535. The number of rotatable bonds is 4. The van der Waals surface area contributed by atoms with Crippen molar-refractivity contribution in [1.29, 1.82) is 0 Å². The largest absolute Gasteiger partial charge is 0.387 e. The molecule has 0 spiro atoms. The second-order valence-electron chi connectivity index (χ2n) is 3.73. The molecular formula is C12H14N4OS. The topological polar surface area (TPSA) is 66.9 Å². The van der Waals surface area contributed by atoms with E-state index in [1.54, 1.807) is 29.8 Å². The van der Waals surface area contributed by atoms with Crippen LogP contribution >= 0.6 is 11.3 Å². The molecule has 0 unspecified atom stereocenters. The van der Waals surface area contributed by atoms with E-state index in [0.29, 0.717) is 12.2 Å². The lowest BCUT2D eigenvalue weighted by atomic mass is 10.3. The predicted octanol–water partition coefficient (Wildman–Crippen LogP) is 1.82. The maximum absolute atomic E-state index is 11.8. The van der Waals surface area contributed by atoms with Gasteiger partial charge in [-0.2, -0.15) is 0 Å². The molecule has 0 aliphatic heterocycles. The van der Waals surface area contributed by atoms with Crippen molar-refractivity contribution in [3.05, 3.63) is 40.1 Å². The van der Waals surface area contributed by atoms with Crippen LogP contribution < -0.4 is 10.6 Å². The van der Waals surface area contributed by atoms with Gasteiger partial charge in [-0.1, -0.05) is 0 Å². The molecule has 2 aromatic rings. The first-order chi connectivity index (χ1) is 8.69. The summed E-state index contributed by atoms with van der Waals surface area (Å²) in [5.41, 5.74) is 1.28. The minimum atomic E-state index is -0.189. The minimum absolute atomic E-state index is 0.189. The van der Waals surface area contributed by atoms with Crippen molar-refractivity contribution in [1.82, 2.24) is 15.3 Å². The van der Waals surface area contributed by atoms with E-state index in [0.717, 1.165) is 15.6 Å². The first-order valence-corrected chi connectivity index (χ1v) is 6.34. The third-order valence-corrected chi connectivity index (χ3v) is 3.27. The maximum atomic E-state index is 11.8. The van der Waals surface area contributed by atoms with E-state index in [1.165, 1.54) is 0 Å². The maximum Gasteiger partial charge on any atom is 0.270 e. The van der Waals surface area contributed by atoms with Crippen molar-refractivity contribution in [2.75, 3.05) is 12.4 Å². The van der Waals surface area contributed by atoms with Crippen molar-refractivity contribution in [3.63, 3.8) is 0 Å². The molecule has 2 N–H and O–H groups in total. The molecule has 0 radical (unpaired) electrons. The van der Waals surface area contributed by atoms with E-state index in [1.807, 2.05) is 20.0 Å². The number of nitrogens with zero attached hydrogens (tertiary/aromatic N) is 2. The summed E-state index contributed by atoms with van der Waals surface area (Å²) in [5, 5.41) is 6.64. The van der Waals surface area contributed by atoms with Gasteiger partial charge in [0.1, 0.15) is 10.7 Å². The van der Waals surface area contributed by atoms with Crippen molar-refractivity contribution < 1.29 is 4.79 Å². The average Bonchev–Trinajstić information content (AvgIpc) is 2.82. The Morgan fingerprint density at radius 1 is 1.33 bits per heavy atom. The highest BCUT2D eigenvalue weighted by Crippen LogP contribution is 2.11. The summed E-state index contributed by atoms with van der Waals surface area (Å²) < 4.78 is 0. The molecule has 1 amide bonds. The normalized spacial score (nSPS) is 10.1. The van der Waals surface area contributed by atoms with Crippen LogP contribution in [0.1, 0.15) is 20.4 Å². The van der Waals surface area contributed by atoms with Crippen LogP contribution in [-0.2, 0) is 6.54 Å². The van der Waals surface area contributed by atoms with E-state index in [-0.39, 0.29) is 5.91 Å². The molecule has 2 aromatic heterocycles. The number of anilines is 1. The third kappa shape index (κ3) is 3.04. The lowest BCUT2D eigenvalue weighted by Gasteiger charge is -2.03. The van der Waals surface area contributed by atoms with Crippen LogP contribution in [0.5, 0.6) is 0 Å². The van der Waals surface area contributed by atoms with Crippen LogP contribution in [-0.4, -0.2) is 22.9 Å². The molecule has 0 atom stereocenters. The highest BCUT2D eigenvalue weighted by atomic mass is 32.1. The van der Waals surface area contributed by atoms with Crippen LogP contribution in [0, 0.1) is 6.92 Å². The SMILES string of the molecule is CNc1ccc(C(=O)NCc2ncc(C)s2)nc1. The number of pyridine rings is 1. The predicted molar refractivity (Wildman–Crippen MR) is 71.8 cm³/mol. The van der Waals surface area contributed by atoms with Crippen LogP contribution in [0.2, 0.25) is 0 Å². The Labute approximate surface area is 109 Å². The van der Waals surface area contributed by atoms with Gasteiger partial charge < -0.3 is 10.6 Å². The fourth-order valence-corrected chi connectivity index (χ4v) is 2.13. The average molecular weight is 262 g/mol. The van der Waals surface area contributed by atoms with Crippen LogP contribution in [0.3, 0.4) is 0 Å². The first kappa shape index (κ1) is 12.5. The van der Waals surface area contributed by atoms with E-state index in [4.69, 9.17) is 0 Å². The summed E-state index contributed by atoms with van der Waals surface area (Å²) in [6.07, 6.45) is 3.43. The van der Waals surface area contributed by atoms with Gasteiger partial charge in [-0.05, 0) is 19.1 Å². The Morgan fingerprint density at radius 3 is 2.72 bits per heavy atom. The Morgan fingerprint density at radius 2 is 2.17 bits per heavy atom. The van der Waals surface area contributed by atoms with E-state index in [2.05, 4.69) is 20.6 Å². The second-order valence-corrected chi connectivity index (χ2v) is 5.05. The van der Waals surface area contributed by atoms with Gasteiger partial charge in [0.05, 0.1) is 18.4 Å². The van der Waals surface area contributed by atoms with Gasteiger partial charge in [0, 0.05) is 18.1 Å². The second kappa shape index (κ2) is 5.59. The number of hydrogen-bond acceptors (Lipinski definition) is 5. The molecular weight excluding hydrogens is 248 g/mol. The van der Waals surface area contributed by atoms with Gasteiger partial charge in [0.2, 0.25) is 0 Å². The van der Waals surface area contributed by atoms with Gasteiger partial charge in [-0.3, -0.25) is 4.79 Å². The molecule has 0 fully saturated rings. The number of nitrogens with one attached hydrogen (secondary N) is 2. The molecule has 2 rings (SSSR count). The molecule has 0 aliphatic carbocycles. The quantitative estimate of drug-likeness (QED) is 0.882. The number of aryl methyl sites for hydroxylation is 1. The van der Waals surface area contributed by atoms with Crippen LogP contribution in [0.25, 0.3) is 0 Å². The monoisotopic (exact) mass is 262 g/mol. The molecule has 5 nitrogen and oxygen atoms in total. The smallest absolute Gasteiger partial charge is 0.270 e. The van der Waals surface area contributed by atoms with Gasteiger partial charge in [0.15, 0.2) is 0 Å². The number of amides is 1. The highest BCUT2D eigenvalue weighted by Gasteiger charge is 2.07. The molecule has 0 saturated carbocycles. The van der Waals surface area contributed by atoms with E-state index < -0.39 is 0 Å². The molecule has 0 aromatic carbocycles. The Kier molecular flexibility index (Phi) is 3.88. The third-order valence-electron chi connectivity index (χ3n) is 2.35. The molecule has 0 aliphatic rings. The van der Waals surface area contributed by atoms with Crippen molar-refractivity contribution >= 4 is 22.9 Å². The van der Waals surface area contributed by atoms with Crippen molar-refractivity contribution in [3.8, 4) is 0 Å². The minimum Gasteiger partial charge on any atom is -0.387 e. The summed E-state index contributed by atoms with van der Waals surface area (Å²) in [6, 6.07) is 3.50. The summed E-state index contributed by atoms with van der Waals surface area (Å²) >= 11 is 1.57. The molecule has 2 heterocycles. The standard InChI is InChI=1S/C12H14N4OS/c1-8-5-15-11(18-8)7-16-12(17)10-4-3-9(13-2)6-14-10/h3-6,13H,7H2,1-2H3,(H,16,17). The Balaban J connectivity index is 1.94. The van der Waals surface area contributed by atoms with E-state index >= 15 is 0 Å². The summed E-state index contributed by atoms with van der Waals surface area (Å²) in [6.45, 7) is 2.42. The number of thiazole rings is 1. The number of carbonyl (C=O) groups is 1. The number of aromatic nitrogens is 2. The van der Waals surface area contributed by atoms with Crippen LogP contribution in [0.4, 0.5) is 5.69 Å². The number of hydrogen-bond donors (Lipinski definition) is 2. The number of carbonyl (C=O) groups excluding carboxylic acids is 1. The van der Waals surface area contributed by atoms with Gasteiger partial charge in [-0.15, -0.1) is 11.3 Å². The highest BCUT2D eigenvalue weighted by molar-refractivity contribution is 7.11. The summed E-state index contributed by atoms with van der Waals surface area (Å²) in [5.74, 6) is -0.189. The molecule has 18 heavy (non-hydrogen) atoms. The lowest BCUT2D eigenvalue weighted by molar-refractivity contribution is 0.0946. The molecule has 94 valence electrons. The first-order valence-electron chi connectivity index (χ1n) is 5.52. The molecule has 0 bridgehead atoms. The van der Waals surface area contributed by atoms with Crippen LogP contribution in [0.15, 0.2) is 24.5 Å². The van der Waals surface area contributed by atoms with Gasteiger partial charge in [0.25, 0.3) is 5.91 Å². The fourth-order valence-electron chi connectivity index (χ4n) is 1.41. The van der Waals surface area contributed by atoms with Crippen molar-refractivity contribution in [2.24, 2.45) is 0 Å². The molecule has 0 saturated heterocycles. The zero-order valence-corrected chi connectivity index (χ0v) is 11.0. The summed E-state index contributed by atoms with van der Waals surface area (Å²) in [4.78, 5) is 21.2. The van der Waals surface area contributed by atoms with Gasteiger partial charge in [-0.25, -0.2) is 9.97 Å². The summed E-state index contributed by atoms with van der Waals surface area (Å²) in [7, 11) is 1.81. The zero-order valence-electron chi connectivity index (χ0n) is 10.2. The van der Waals surface area contributed by atoms with Crippen molar-refractivity contribution in [2.45, 2.75) is 13.5 Å². The Hall–Kier alpha value is -1.95.